The van der Waals surface area contributed by atoms with E-state index in [1.54, 1.807) is 0 Å². The van der Waals surface area contributed by atoms with Crippen molar-refractivity contribution in [2.24, 2.45) is 0 Å². The molecule has 0 radical (unpaired) electrons. The SMILES string of the molecule is c1ccc(-c2cccc(-c3nc(-c4ccccc4)nc(-c4ccc(-c5c6ccccc6n6c5sc5ccccc56)cc4)n3)c2)cc1.c1ccc(-c2cccc(-c3nc(-c4ccccc4)nc(-c4cccc(-c5c6ccccc6n6c5sc5ccccc56)c4)n3)c2)cc1.c1ccc(-c2nc(-c3ccccc3)nc(-c3cccc(-c4c5ccccc5n5c4sc4ccccc45)c3)n2)cc1. The van der Waals surface area contributed by atoms with Crippen LogP contribution in [-0.4, -0.2) is 58.1 Å². The molecular formula is C117H74N12S3. The van der Waals surface area contributed by atoms with E-state index in [0.29, 0.717) is 52.4 Å². The summed E-state index contributed by atoms with van der Waals surface area (Å²) in [5.74, 6) is 5.88. The van der Waals surface area contributed by atoms with Gasteiger partial charge in [-0.1, -0.05) is 370 Å². The lowest BCUT2D eigenvalue weighted by Gasteiger charge is -2.10. The molecule has 0 aliphatic heterocycles. The molecule has 0 saturated carbocycles. The molecular weight excluding hydrogens is 1670 g/mol. The molecule has 132 heavy (non-hydrogen) atoms. The Hall–Kier alpha value is -17.0. The van der Waals surface area contributed by atoms with Crippen LogP contribution in [0, 0.1) is 0 Å². The predicted molar refractivity (Wildman–Crippen MR) is 547 cm³/mol. The van der Waals surface area contributed by atoms with E-state index in [-0.39, 0.29) is 0 Å². The Balaban J connectivity index is 0.000000110. The van der Waals surface area contributed by atoms with E-state index in [2.05, 4.69) is 329 Å². The number of benzene rings is 17. The second-order valence-electron chi connectivity index (χ2n) is 32.3. The average Bonchev–Trinajstić information content (AvgIpc) is 1.57. The minimum Gasteiger partial charge on any atom is -0.299 e. The molecule has 12 nitrogen and oxygen atoms in total. The minimum atomic E-state index is 0.645. The Bertz CT molecular complexity index is 8780. The molecule has 0 unspecified atom stereocenters. The number of hydrogen-bond acceptors (Lipinski definition) is 12. The lowest BCUT2D eigenvalue weighted by Crippen LogP contribution is -2.00. The summed E-state index contributed by atoms with van der Waals surface area (Å²) in [5.41, 5.74) is 27.7. The van der Waals surface area contributed by atoms with Crippen LogP contribution in [0.15, 0.2) is 449 Å². The Labute approximate surface area is 771 Å². The van der Waals surface area contributed by atoms with Gasteiger partial charge in [0.2, 0.25) is 0 Å². The molecule has 0 saturated heterocycles. The predicted octanol–water partition coefficient (Wildman–Crippen LogP) is 30.8. The van der Waals surface area contributed by atoms with E-state index in [4.69, 9.17) is 44.9 Å². The fourth-order valence-corrected chi connectivity index (χ4v) is 21.7. The number of fused-ring (bicyclic) bond motifs is 15. The molecule has 0 spiro atoms. The molecule has 0 N–H and O–H groups in total. The van der Waals surface area contributed by atoms with Crippen LogP contribution in [0.5, 0.6) is 0 Å². The summed E-state index contributed by atoms with van der Waals surface area (Å²) in [6.07, 6.45) is 0. The maximum atomic E-state index is 5.09. The molecule has 15 heteroatoms. The van der Waals surface area contributed by atoms with Gasteiger partial charge in [0.1, 0.15) is 14.5 Å². The van der Waals surface area contributed by atoms with Crippen molar-refractivity contribution in [3.8, 4) is 158 Å². The number of nitrogens with zero attached hydrogens (tertiary/aromatic N) is 12. The molecule has 0 fully saturated rings. The highest BCUT2D eigenvalue weighted by molar-refractivity contribution is 7.25. The van der Waals surface area contributed by atoms with Gasteiger partial charge in [0.05, 0.1) is 47.2 Å². The highest BCUT2D eigenvalue weighted by Crippen LogP contribution is 2.48. The zero-order chi connectivity index (χ0) is 87.4. The second kappa shape index (κ2) is 34.0. The first-order valence-corrected chi connectivity index (χ1v) is 46.2. The van der Waals surface area contributed by atoms with Gasteiger partial charge in [-0.05, 0) is 118 Å². The van der Waals surface area contributed by atoms with Crippen LogP contribution < -0.4 is 0 Å². The summed E-state index contributed by atoms with van der Waals surface area (Å²) < 4.78 is 11.0. The largest absolute Gasteiger partial charge is 0.299 e. The van der Waals surface area contributed by atoms with Gasteiger partial charge >= 0.3 is 0 Å². The van der Waals surface area contributed by atoms with Crippen molar-refractivity contribution < 1.29 is 0 Å². The third-order valence-electron chi connectivity index (χ3n) is 24.2. The topological polar surface area (TPSA) is 129 Å². The van der Waals surface area contributed by atoms with E-state index in [1.165, 1.54) is 100 Å². The number of para-hydroxylation sites is 6. The Morgan fingerprint density at radius 2 is 0.326 bits per heavy atom. The summed E-state index contributed by atoms with van der Waals surface area (Å²) in [6.45, 7) is 0. The summed E-state index contributed by atoms with van der Waals surface area (Å²) in [6, 6.07) is 156. The van der Waals surface area contributed by atoms with E-state index in [0.717, 1.165) is 83.5 Å². The minimum absolute atomic E-state index is 0.645. The highest BCUT2D eigenvalue weighted by atomic mass is 32.1. The maximum absolute atomic E-state index is 5.09. The Morgan fingerprint density at radius 3 is 0.614 bits per heavy atom. The van der Waals surface area contributed by atoms with Crippen molar-refractivity contribution in [2.75, 3.05) is 0 Å². The number of thiazole rings is 3. The van der Waals surface area contributed by atoms with Crippen molar-refractivity contribution in [3.05, 3.63) is 449 Å². The first-order chi connectivity index (χ1) is 65.4. The van der Waals surface area contributed by atoms with Crippen LogP contribution in [0.3, 0.4) is 0 Å². The summed E-state index contributed by atoms with van der Waals surface area (Å²) in [4.78, 5) is 48.6. The van der Waals surface area contributed by atoms with Gasteiger partial charge in [0.15, 0.2) is 52.4 Å². The van der Waals surface area contributed by atoms with E-state index in [9.17, 15) is 0 Å². The molecule has 9 aromatic heterocycles. The first kappa shape index (κ1) is 78.5. The third kappa shape index (κ3) is 14.7. The van der Waals surface area contributed by atoms with Crippen molar-refractivity contribution in [3.63, 3.8) is 0 Å². The van der Waals surface area contributed by atoms with Crippen molar-refractivity contribution in [1.29, 1.82) is 0 Å². The van der Waals surface area contributed by atoms with E-state index >= 15 is 0 Å². The Morgan fingerprint density at radius 1 is 0.136 bits per heavy atom. The summed E-state index contributed by atoms with van der Waals surface area (Å²) in [7, 11) is 0. The fraction of sp³-hybridized carbons (Fsp3) is 0. The number of rotatable bonds is 14. The van der Waals surface area contributed by atoms with Crippen LogP contribution in [0.25, 0.3) is 236 Å². The maximum Gasteiger partial charge on any atom is 0.164 e. The smallest absolute Gasteiger partial charge is 0.164 e. The third-order valence-corrected chi connectivity index (χ3v) is 27.6. The van der Waals surface area contributed by atoms with Gasteiger partial charge in [-0.25, -0.2) is 44.9 Å². The standard InChI is InChI=1S/2C41H26N4S.C35H22N4S/c1-3-13-27(14-4-1)29-17-11-19-31(25-29)39-42-38(28-15-5-2-6-16-28)43-40(44-39)32-20-12-18-30(26-32)37-33-21-7-8-22-34(33)45-35-23-9-10-24-36(35)46-41(37)45;1-3-12-27(13-4-1)31-16-11-17-32(26-31)40-43-38(29-14-5-2-6-15-29)42-39(44-40)30-24-22-28(23-25-30)37-33-18-7-8-19-34(33)45-35-20-9-10-21-36(35)46-41(37)45;1-3-12-23(13-4-1)32-36-33(24-14-5-2-6-15-24)38-34(37-32)26-17-11-16-25(22-26)31-27-18-7-8-19-28(27)39-29-20-9-10-21-30(29)40-35(31)39/h2*1-26H;1-22H. The molecule has 620 valence electrons. The van der Waals surface area contributed by atoms with Crippen molar-refractivity contribution >= 4 is 112 Å². The van der Waals surface area contributed by atoms with Gasteiger partial charge in [-0.3, -0.25) is 13.2 Å². The molecule has 0 aliphatic carbocycles. The van der Waals surface area contributed by atoms with Gasteiger partial charge in [0, 0.05) is 82.9 Å². The number of aromatic nitrogens is 12. The molecule has 0 bridgehead atoms. The van der Waals surface area contributed by atoms with Gasteiger partial charge in [0.25, 0.3) is 0 Å². The van der Waals surface area contributed by atoms with E-state index < -0.39 is 0 Å². The molecule has 9 heterocycles. The number of hydrogen-bond donors (Lipinski definition) is 0. The van der Waals surface area contributed by atoms with Crippen LogP contribution in [0.4, 0.5) is 0 Å². The van der Waals surface area contributed by atoms with Gasteiger partial charge < -0.3 is 0 Å². The Kier molecular flexibility index (Phi) is 20.2. The molecule has 17 aromatic carbocycles. The monoisotopic (exact) mass is 1740 g/mol. The summed E-state index contributed by atoms with van der Waals surface area (Å²) >= 11 is 5.50. The normalized spacial score (nSPS) is 11.5. The molecule has 0 atom stereocenters. The molecule has 26 rings (SSSR count). The van der Waals surface area contributed by atoms with E-state index in [1.807, 2.05) is 167 Å². The lowest BCUT2D eigenvalue weighted by molar-refractivity contribution is 1.07. The van der Waals surface area contributed by atoms with Gasteiger partial charge in [-0.15, -0.1) is 34.0 Å². The quantitative estimate of drug-likeness (QED) is 0.104. The molecule has 0 amide bonds. The van der Waals surface area contributed by atoms with Crippen LogP contribution in [0.1, 0.15) is 0 Å². The fourth-order valence-electron chi connectivity index (χ4n) is 18.0. The van der Waals surface area contributed by atoms with Crippen LogP contribution in [-0.2, 0) is 0 Å². The van der Waals surface area contributed by atoms with Gasteiger partial charge in [-0.2, -0.15) is 0 Å². The second-order valence-corrected chi connectivity index (χ2v) is 35.4. The molecule has 0 aliphatic rings. The zero-order valence-electron chi connectivity index (χ0n) is 70.8. The lowest BCUT2D eigenvalue weighted by atomic mass is 10.0. The first-order valence-electron chi connectivity index (χ1n) is 43.8. The molecule has 26 aromatic rings. The zero-order valence-corrected chi connectivity index (χ0v) is 73.3. The van der Waals surface area contributed by atoms with Crippen LogP contribution >= 0.6 is 34.0 Å². The average molecular weight is 1740 g/mol. The summed E-state index contributed by atoms with van der Waals surface area (Å²) in [5, 5.41) is 3.72. The van der Waals surface area contributed by atoms with Crippen molar-refractivity contribution in [2.45, 2.75) is 0 Å². The van der Waals surface area contributed by atoms with Crippen LogP contribution in [0.2, 0.25) is 0 Å². The highest BCUT2D eigenvalue weighted by Gasteiger charge is 2.25. The van der Waals surface area contributed by atoms with Crippen molar-refractivity contribution in [1.82, 2.24) is 58.1 Å².